The number of H-pyrrole nitrogens is 1. The van der Waals surface area contributed by atoms with E-state index in [1.54, 1.807) is 16.4 Å². The van der Waals surface area contributed by atoms with Gasteiger partial charge in [0.05, 0.1) is 11.7 Å². The zero-order valence-electron chi connectivity index (χ0n) is 6.16. The van der Waals surface area contributed by atoms with Gasteiger partial charge in [-0.3, -0.25) is 4.52 Å². The molecule has 1 aromatic heterocycles. The molecule has 2 heterocycles. The fourth-order valence-electron chi connectivity index (χ4n) is 1.30. The first kappa shape index (κ1) is 6.97. The van der Waals surface area contributed by atoms with Crippen LogP contribution in [0.15, 0.2) is 9.32 Å². The number of thioether (sulfide) groups is 1. The Labute approximate surface area is 67.5 Å². The van der Waals surface area contributed by atoms with E-state index < -0.39 is 0 Å². The standard InChI is InChI=1S/C6H8N2O2S/c1-11-4-2-5-6(9)10-7-8(5)3-4/h4H,2-3H2,1H3/p+1/t4-/m1/s1. The van der Waals surface area contributed by atoms with E-state index in [0.29, 0.717) is 5.25 Å². The SMILES string of the molecule is CS[C@@H]1Cc2c(=O)o[nH][n+]2C1. The molecule has 0 amide bonds. The summed E-state index contributed by atoms with van der Waals surface area (Å²) in [5, 5.41) is 3.10. The van der Waals surface area contributed by atoms with Gasteiger partial charge in [-0.2, -0.15) is 11.8 Å². The first-order valence-corrected chi connectivity index (χ1v) is 4.73. The number of hydrogen-bond acceptors (Lipinski definition) is 3. The van der Waals surface area contributed by atoms with Gasteiger partial charge in [0, 0.05) is 0 Å². The van der Waals surface area contributed by atoms with E-state index in [4.69, 9.17) is 0 Å². The quantitative estimate of drug-likeness (QED) is 0.585. The van der Waals surface area contributed by atoms with Crippen molar-refractivity contribution in [1.82, 2.24) is 5.27 Å². The molecule has 0 fully saturated rings. The predicted octanol–water partition coefficient (Wildman–Crippen LogP) is -0.457. The molecule has 0 bridgehead atoms. The van der Waals surface area contributed by atoms with E-state index in [9.17, 15) is 4.79 Å². The predicted molar refractivity (Wildman–Crippen MR) is 40.5 cm³/mol. The summed E-state index contributed by atoms with van der Waals surface area (Å²) < 4.78 is 6.38. The van der Waals surface area contributed by atoms with Crippen LogP contribution >= 0.6 is 11.8 Å². The fourth-order valence-corrected chi connectivity index (χ4v) is 1.93. The second-order valence-electron chi connectivity index (χ2n) is 2.60. The minimum Gasteiger partial charge on any atom is -0.283 e. The number of fused-ring (bicyclic) bond motifs is 1. The maximum absolute atomic E-state index is 10.9. The van der Waals surface area contributed by atoms with E-state index in [0.717, 1.165) is 18.7 Å². The summed E-state index contributed by atoms with van der Waals surface area (Å²) in [6.07, 6.45) is 2.88. The Kier molecular flexibility index (Phi) is 1.52. The summed E-state index contributed by atoms with van der Waals surface area (Å²) >= 11 is 1.78. The van der Waals surface area contributed by atoms with Gasteiger partial charge in [-0.05, 0) is 11.5 Å². The summed E-state index contributed by atoms with van der Waals surface area (Å²) in [6.45, 7) is 0.863. The van der Waals surface area contributed by atoms with E-state index in [-0.39, 0.29) is 5.63 Å². The maximum Gasteiger partial charge on any atom is 0.429 e. The van der Waals surface area contributed by atoms with Crippen molar-refractivity contribution in [2.45, 2.75) is 18.2 Å². The number of nitrogens with zero attached hydrogens (tertiary/aromatic N) is 1. The third-order valence-electron chi connectivity index (χ3n) is 1.95. The van der Waals surface area contributed by atoms with Gasteiger partial charge >= 0.3 is 5.63 Å². The average molecular weight is 173 g/mol. The van der Waals surface area contributed by atoms with E-state index >= 15 is 0 Å². The van der Waals surface area contributed by atoms with Crippen LogP contribution < -0.4 is 10.3 Å². The molecule has 60 valence electrons. The molecule has 11 heavy (non-hydrogen) atoms. The van der Waals surface area contributed by atoms with Crippen molar-refractivity contribution in [1.29, 1.82) is 0 Å². The van der Waals surface area contributed by atoms with Crippen molar-refractivity contribution in [2.75, 3.05) is 6.26 Å². The highest BCUT2D eigenvalue weighted by molar-refractivity contribution is 7.99. The molecular weight excluding hydrogens is 164 g/mol. The minimum absolute atomic E-state index is 0.221. The van der Waals surface area contributed by atoms with Crippen molar-refractivity contribution in [3.63, 3.8) is 0 Å². The van der Waals surface area contributed by atoms with Crippen molar-refractivity contribution in [2.24, 2.45) is 0 Å². The number of hydrogen-bond donors (Lipinski definition) is 1. The van der Waals surface area contributed by atoms with Gasteiger partial charge in [-0.15, -0.1) is 0 Å². The summed E-state index contributed by atoms with van der Waals surface area (Å²) in [7, 11) is 0. The van der Waals surface area contributed by atoms with Crippen LogP contribution in [0.4, 0.5) is 0 Å². The normalized spacial score (nSPS) is 22.1. The number of rotatable bonds is 1. The van der Waals surface area contributed by atoms with Crippen LogP contribution in [0.3, 0.4) is 0 Å². The lowest BCUT2D eigenvalue weighted by molar-refractivity contribution is -0.756. The molecule has 1 N–H and O–H groups in total. The van der Waals surface area contributed by atoms with Gasteiger partial charge in [0.15, 0.2) is 6.54 Å². The minimum atomic E-state index is -0.221. The molecule has 1 aliphatic rings. The molecule has 0 unspecified atom stereocenters. The van der Waals surface area contributed by atoms with E-state index in [2.05, 4.69) is 16.1 Å². The molecule has 4 nitrogen and oxygen atoms in total. The second kappa shape index (κ2) is 2.41. The van der Waals surface area contributed by atoms with Crippen molar-refractivity contribution >= 4 is 11.8 Å². The molecule has 0 spiro atoms. The zero-order chi connectivity index (χ0) is 7.84. The van der Waals surface area contributed by atoms with Crippen molar-refractivity contribution in [3.05, 3.63) is 16.1 Å². The molecule has 5 heteroatoms. The van der Waals surface area contributed by atoms with Gasteiger partial charge in [-0.25, -0.2) is 4.79 Å². The van der Waals surface area contributed by atoms with Gasteiger partial charge < -0.3 is 0 Å². The Morgan fingerprint density at radius 2 is 2.64 bits per heavy atom. The number of aromatic amines is 1. The highest BCUT2D eigenvalue weighted by Crippen LogP contribution is 2.14. The van der Waals surface area contributed by atoms with Gasteiger partial charge in [0.25, 0.3) is 5.69 Å². The molecule has 0 saturated heterocycles. The summed E-state index contributed by atoms with van der Waals surface area (Å²) in [5.74, 6) is 0. The maximum atomic E-state index is 10.9. The average Bonchev–Trinajstić information content (AvgIpc) is 2.53. The molecular formula is C6H9N2O2S+. The molecule has 1 aromatic rings. The van der Waals surface area contributed by atoms with Gasteiger partial charge in [-0.1, -0.05) is 4.68 Å². The number of nitrogens with one attached hydrogen (secondary N) is 1. The lowest BCUT2D eigenvalue weighted by atomic mass is 10.3. The molecule has 0 aliphatic carbocycles. The second-order valence-corrected chi connectivity index (χ2v) is 3.74. The molecule has 2 rings (SSSR count). The molecule has 0 saturated carbocycles. The molecule has 1 aliphatic heterocycles. The Bertz CT molecular complexity index is 317. The first-order chi connectivity index (χ1) is 5.31. The molecule has 0 radical (unpaired) electrons. The summed E-state index contributed by atoms with van der Waals surface area (Å²) in [6, 6.07) is 0. The largest absolute Gasteiger partial charge is 0.429 e. The monoisotopic (exact) mass is 173 g/mol. The summed E-state index contributed by atoms with van der Waals surface area (Å²) in [4.78, 5) is 10.9. The third kappa shape index (κ3) is 0.994. The van der Waals surface area contributed by atoms with Crippen molar-refractivity contribution in [3.8, 4) is 0 Å². The Morgan fingerprint density at radius 3 is 3.27 bits per heavy atom. The lowest BCUT2D eigenvalue weighted by Gasteiger charge is -1.94. The zero-order valence-corrected chi connectivity index (χ0v) is 6.98. The topological polar surface area (TPSA) is 49.9 Å². The van der Waals surface area contributed by atoms with Crippen molar-refractivity contribution < 1.29 is 9.20 Å². The van der Waals surface area contributed by atoms with Gasteiger partial charge in [0.1, 0.15) is 0 Å². The van der Waals surface area contributed by atoms with Crippen LogP contribution in [0, 0.1) is 0 Å². The van der Waals surface area contributed by atoms with E-state index in [1.165, 1.54) is 0 Å². The van der Waals surface area contributed by atoms with Crippen LogP contribution in [-0.4, -0.2) is 16.8 Å². The van der Waals surface area contributed by atoms with Crippen LogP contribution in [-0.2, 0) is 13.0 Å². The Hall–Kier alpha value is -0.710. The summed E-state index contributed by atoms with van der Waals surface area (Å²) in [5.41, 5.74) is 0.547. The van der Waals surface area contributed by atoms with E-state index in [1.807, 2.05) is 0 Å². The Balaban J connectivity index is 2.35. The highest BCUT2D eigenvalue weighted by atomic mass is 32.2. The fraction of sp³-hybridized carbons (Fsp3) is 0.667. The van der Waals surface area contributed by atoms with Crippen LogP contribution in [0.25, 0.3) is 0 Å². The molecule has 0 aromatic carbocycles. The van der Waals surface area contributed by atoms with Crippen LogP contribution in [0.2, 0.25) is 0 Å². The van der Waals surface area contributed by atoms with Crippen LogP contribution in [0.1, 0.15) is 5.69 Å². The lowest BCUT2D eigenvalue weighted by Crippen LogP contribution is -2.36. The first-order valence-electron chi connectivity index (χ1n) is 3.44. The Morgan fingerprint density at radius 1 is 1.82 bits per heavy atom. The highest BCUT2D eigenvalue weighted by Gasteiger charge is 2.34. The van der Waals surface area contributed by atoms with Gasteiger partial charge in [0.2, 0.25) is 0 Å². The number of aromatic nitrogens is 2. The third-order valence-corrected chi connectivity index (χ3v) is 2.93. The smallest absolute Gasteiger partial charge is 0.283 e. The molecule has 1 atom stereocenters. The van der Waals surface area contributed by atoms with Crippen LogP contribution in [0.5, 0.6) is 0 Å².